The quantitative estimate of drug-likeness (QED) is 0.692. The molecule has 1 unspecified atom stereocenters. The van der Waals surface area contributed by atoms with E-state index in [1.54, 1.807) is 0 Å². The van der Waals surface area contributed by atoms with Gasteiger partial charge in [-0.2, -0.15) is 0 Å². The lowest BCUT2D eigenvalue weighted by Gasteiger charge is -2.36. The Hall–Kier alpha value is -2.33. The standard InChI is InChI=1S/C26H34N2O2/c1-2-8-20(17-27-16-7-11-23(19-27)26(29)30)18-28-24-12-5-3-9-21(24)14-15-22-10-4-6-13-25(22)28/h3-6,9-10,12-13,20,23H,2,7-8,11,14-19H2,1H3,(H,29,30)/t20?,23-/m1/s1. The van der Waals surface area contributed by atoms with E-state index in [1.807, 2.05) is 0 Å². The van der Waals surface area contributed by atoms with Gasteiger partial charge in [0.25, 0.3) is 0 Å². The highest BCUT2D eigenvalue weighted by Crippen LogP contribution is 2.37. The molecule has 2 atom stereocenters. The number of aryl methyl sites for hydroxylation is 2. The van der Waals surface area contributed by atoms with E-state index in [4.69, 9.17) is 0 Å². The number of piperidine rings is 1. The van der Waals surface area contributed by atoms with Crippen molar-refractivity contribution in [1.29, 1.82) is 0 Å². The summed E-state index contributed by atoms with van der Waals surface area (Å²) < 4.78 is 0. The summed E-state index contributed by atoms with van der Waals surface area (Å²) in [6.45, 7) is 5.95. The van der Waals surface area contributed by atoms with Gasteiger partial charge in [-0.3, -0.25) is 4.79 Å². The van der Waals surface area contributed by atoms with Crippen molar-refractivity contribution in [2.45, 2.75) is 45.4 Å². The molecule has 0 aliphatic carbocycles. The Morgan fingerprint density at radius 3 is 2.27 bits per heavy atom. The number of hydrogen-bond donors (Lipinski definition) is 1. The lowest BCUT2D eigenvalue weighted by Crippen LogP contribution is -2.43. The van der Waals surface area contributed by atoms with Gasteiger partial charge in [0, 0.05) is 31.0 Å². The van der Waals surface area contributed by atoms with E-state index in [1.165, 1.54) is 22.5 Å². The van der Waals surface area contributed by atoms with Crippen LogP contribution in [-0.4, -0.2) is 42.2 Å². The van der Waals surface area contributed by atoms with Crippen molar-refractivity contribution in [3.63, 3.8) is 0 Å². The molecule has 160 valence electrons. The number of rotatable bonds is 7. The van der Waals surface area contributed by atoms with Crippen LogP contribution in [0.3, 0.4) is 0 Å². The van der Waals surface area contributed by atoms with Crippen LogP contribution in [0.1, 0.15) is 43.7 Å². The molecule has 2 aliphatic rings. The minimum absolute atomic E-state index is 0.208. The van der Waals surface area contributed by atoms with Gasteiger partial charge >= 0.3 is 5.97 Å². The zero-order chi connectivity index (χ0) is 20.9. The maximum Gasteiger partial charge on any atom is 0.307 e. The Labute approximate surface area is 180 Å². The van der Waals surface area contributed by atoms with Crippen LogP contribution in [0.25, 0.3) is 0 Å². The van der Waals surface area contributed by atoms with Crippen molar-refractivity contribution in [1.82, 2.24) is 4.90 Å². The number of likely N-dealkylation sites (tertiary alicyclic amines) is 1. The van der Waals surface area contributed by atoms with Gasteiger partial charge in [0.1, 0.15) is 0 Å². The SMILES string of the molecule is CCCC(CN1CCC[C@@H](C(=O)O)C1)CN1c2ccccc2CCc2ccccc21. The number of aliphatic carboxylic acids is 1. The second kappa shape index (κ2) is 9.65. The summed E-state index contributed by atoms with van der Waals surface area (Å²) >= 11 is 0. The van der Waals surface area contributed by atoms with Gasteiger partial charge in [0.2, 0.25) is 0 Å². The molecule has 1 N–H and O–H groups in total. The highest BCUT2D eigenvalue weighted by atomic mass is 16.4. The maximum atomic E-state index is 11.5. The second-order valence-electron chi connectivity index (χ2n) is 8.96. The summed E-state index contributed by atoms with van der Waals surface area (Å²) in [6.07, 6.45) is 6.28. The van der Waals surface area contributed by atoms with Crippen LogP contribution in [0.2, 0.25) is 0 Å². The number of benzene rings is 2. The molecule has 4 rings (SSSR count). The maximum absolute atomic E-state index is 11.5. The van der Waals surface area contributed by atoms with E-state index in [0.717, 1.165) is 58.2 Å². The Balaban J connectivity index is 1.58. The third-order valence-corrected chi connectivity index (χ3v) is 6.74. The molecular formula is C26H34N2O2. The lowest BCUT2D eigenvalue weighted by molar-refractivity contribution is -0.143. The predicted octanol–water partition coefficient (Wildman–Crippen LogP) is 5.14. The minimum Gasteiger partial charge on any atom is -0.481 e. The Morgan fingerprint density at radius 2 is 1.67 bits per heavy atom. The number of carboxylic acid groups (broad SMARTS) is 1. The Kier molecular flexibility index (Phi) is 6.73. The lowest BCUT2D eigenvalue weighted by atomic mass is 9.95. The first-order valence-corrected chi connectivity index (χ1v) is 11.5. The molecule has 0 aromatic heterocycles. The normalized spacial score (nSPS) is 20.2. The summed E-state index contributed by atoms with van der Waals surface area (Å²) in [7, 11) is 0. The number of carbonyl (C=O) groups is 1. The van der Waals surface area contributed by atoms with Crippen LogP contribution in [-0.2, 0) is 17.6 Å². The van der Waals surface area contributed by atoms with Gasteiger partial charge in [-0.05, 0) is 67.8 Å². The van der Waals surface area contributed by atoms with Crippen LogP contribution < -0.4 is 4.90 Å². The smallest absolute Gasteiger partial charge is 0.307 e. The number of nitrogens with zero attached hydrogens (tertiary/aromatic N) is 2. The van der Waals surface area contributed by atoms with Crippen molar-refractivity contribution in [3.8, 4) is 0 Å². The van der Waals surface area contributed by atoms with Crippen LogP contribution in [0, 0.1) is 11.8 Å². The van der Waals surface area contributed by atoms with Crippen molar-refractivity contribution in [2.24, 2.45) is 11.8 Å². The molecule has 0 spiro atoms. The summed E-state index contributed by atoms with van der Waals surface area (Å²) in [6, 6.07) is 17.7. The monoisotopic (exact) mass is 406 g/mol. The summed E-state index contributed by atoms with van der Waals surface area (Å²) in [5.41, 5.74) is 5.52. The molecule has 0 radical (unpaired) electrons. The van der Waals surface area contributed by atoms with Gasteiger partial charge in [0.05, 0.1) is 5.92 Å². The minimum atomic E-state index is -0.637. The Morgan fingerprint density at radius 1 is 1.03 bits per heavy atom. The van der Waals surface area contributed by atoms with Crippen molar-refractivity contribution < 1.29 is 9.90 Å². The molecule has 0 bridgehead atoms. The fourth-order valence-electron chi connectivity index (χ4n) is 5.26. The first-order chi connectivity index (χ1) is 14.7. The zero-order valence-electron chi connectivity index (χ0n) is 18.1. The zero-order valence-corrected chi connectivity index (χ0v) is 18.1. The summed E-state index contributed by atoms with van der Waals surface area (Å²) in [5, 5.41) is 9.47. The number of fused-ring (bicyclic) bond motifs is 2. The van der Waals surface area contributed by atoms with Gasteiger partial charge in [-0.15, -0.1) is 0 Å². The highest BCUT2D eigenvalue weighted by Gasteiger charge is 2.28. The van der Waals surface area contributed by atoms with Gasteiger partial charge in [-0.25, -0.2) is 0 Å². The van der Waals surface area contributed by atoms with E-state index >= 15 is 0 Å². The fraction of sp³-hybridized carbons (Fsp3) is 0.500. The molecule has 2 aliphatic heterocycles. The molecule has 2 aromatic rings. The van der Waals surface area contributed by atoms with Crippen LogP contribution in [0.4, 0.5) is 11.4 Å². The van der Waals surface area contributed by atoms with Crippen molar-refractivity contribution in [3.05, 3.63) is 59.7 Å². The average molecular weight is 407 g/mol. The van der Waals surface area contributed by atoms with Gasteiger partial charge in [-0.1, -0.05) is 49.7 Å². The average Bonchev–Trinajstić information content (AvgIpc) is 2.92. The van der Waals surface area contributed by atoms with Crippen LogP contribution in [0.5, 0.6) is 0 Å². The van der Waals surface area contributed by atoms with E-state index in [2.05, 4.69) is 65.3 Å². The predicted molar refractivity (Wildman–Crippen MR) is 122 cm³/mol. The van der Waals surface area contributed by atoms with E-state index in [9.17, 15) is 9.90 Å². The third-order valence-electron chi connectivity index (χ3n) is 6.74. The van der Waals surface area contributed by atoms with E-state index < -0.39 is 5.97 Å². The number of anilines is 2. The van der Waals surface area contributed by atoms with Crippen LogP contribution >= 0.6 is 0 Å². The first-order valence-electron chi connectivity index (χ1n) is 11.5. The molecule has 4 nitrogen and oxygen atoms in total. The number of carboxylic acids is 1. The molecular weight excluding hydrogens is 372 g/mol. The molecule has 2 aromatic carbocycles. The largest absolute Gasteiger partial charge is 0.481 e. The van der Waals surface area contributed by atoms with E-state index in [0.29, 0.717) is 12.5 Å². The third kappa shape index (κ3) is 4.70. The molecule has 1 saturated heterocycles. The number of para-hydroxylation sites is 2. The molecule has 0 saturated carbocycles. The van der Waals surface area contributed by atoms with Crippen molar-refractivity contribution in [2.75, 3.05) is 31.1 Å². The number of hydrogen-bond acceptors (Lipinski definition) is 3. The summed E-state index contributed by atoms with van der Waals surface area (Å²) in [5.74, 6) is -0.329. The van der Waals surface area contributed by atoms with Gasteiger partial charge < -0.3 is 14.9 Å². The topological polar surface area (TPSA) is 43.8 Å². The Bertz CT molecular complexity index is 818. The van der Waals surface area contributed by atoms with E-state index in [-0.39, 0.29) is 5.92 Å². The fourth-order valence-corrected chi connectivity index (χ4v) is 5.26. The van der Waals surface area contributed by atoms with Gasteiger partial charge in [0.15, 0.2) is 0 Å². The summed E-state index contributed by atoms with van der Waals surface area (Å²) in [4.78, 5) is 16.4. The molecule has 2 heterocycles. The molecule has 4 heteroatoms. The highest BCUT2D eigenvalue weighted by molar-refractivity contribution is 5.71. The second-order valence-corrected chi connectivity index (χ2v) is 8.96. The molecule has 0 amide bonds. The first kappa shape index (κ1) is 20.9. The molecule has 30 heavy (non-hydrogen) atoms. The van der Waals surface area contributed by atoms with Crippen molar-refractivity contribution >= 4 is 17.3 Å². The molecule has 1 fully saturated rings. The van der Waals surface area contributed by atoms with Crippen LogP contribution in [0.15, 0.2) is 48.5 Å².